The fourth-order valence-corrected chi connectivity index (χ4v) is 1.61. The predicted octanol–water partition coefficient (Wildman–Crippen LogP) is -1.40. The molecule has 1 saturated heterocycles. The highest BCUT2D eigenvalue weighted by atomic mass is 16.2. The van der Waals surface area contributed by atoms with E-state index in [2.05, 4.69) is 0 Å². The van der Waals surface area contributed by atoms with Crippen molar-refractivity contribution in [2.24, 2.45) is 11.5 Å². The number of hydrogen-bond donors (Lipinski definition) is 3. The number of rotatable bonds is 2. The minimum Gasteiger partial charge on any atom is -0.351 e. The summed E-state index contributed by atoms with van der Waals surface area (Å²) in [6, 6.07) is -0.531. The van der Waals surface area contributed by atoms with Crippen molar-refractivity contribution in [1.29, 1.82) is 0 Å². The molecular weight excluding hydrogens is 184 g/mol. The van der Waals surface area contributed by atoms with Gasteiger partial charge < -0.3 is 11.5 Å². The van der Waals surface area contributed by atoms with Crippen LogP contribution in [0.5, 0.6) is 0 Å². The van der Waals surface area contributed by atoms with Gasteiger partial charge >= 0.3 is 6.03 Å². The molecule has 80 valence electrons. The highest BCUT2D eigenvalue weighted by Crippen LogP contribution is 2.14. The monoisotopic (exact) mass is 200 g/mol. The molecule has 1 aliphatic heterocycles. The molecule has 2 unspecified atom stereocenters. The van der Waals surface area contributed by atoms with Gasteiger partial charge in [0.1, 0.15) is 0 Å². The zero-order valence-electron chi connectivity index (χ0n) is 8.19. The molecule has 0 saturated carbocycles. The van der Waals surface area contributed by atoms with Crippen LogP contribution in [0, 0.1) is 0 Å². The summed E-state index contributed by atoms with van der Waals surface area (Å²) in [5, 5.41) is 2.02. The smallest absolute Gasteiger partial charge is 0.318 e. The van der Waals surface area contributed by atoms with Gasteiger partial charge in [-0.05, 0) is 13.3 Å². The quantitative estimate of drug-likeness (QED) is 0.510. The van der Waals surface area contributed by atoms with Crippen molar-refractivity contribution in [3.63, 3.8) is 0 Å². The number of amides is 3. The predicted molar refractivity (Wildman–Crippen MR) is 51.4 cm³/mol. The summed E-state index contributed by atoms with van der Waals surface area (Å²) in [6.45, 7) is 2.93. The Bertz CT molecular complexity index is 243. The summed E-state index contributed by atoms with van der Waals surface area (Å²) < 4.78 is 0. The summed E-state index contributed by atoms with van der Waals surface area (Å²) >= 11 is 0. The Kier molecular flexibility index (Phi) is 3.43. The second-order valence-electron chi connectivity index (χ2n) is 3.58. The number of nitrogens with one attached hydrogen (secondary N) is 1. The van der Waals surface area contributed by atoms with Crippen molar-refractivity contribution < 1.29 is 9.59 Å². The first-order valence-electron chi connectivity index (χ1n) is 4.59. The summed E-state index contributed by atoms with van der Waals surface area (Å²) in [4.78, 5) is 23.5. The summed E-state index contributed by atoms with van der Waals surface area (Å²) in [5.41, 5.74) is 10.6. The standard InChI is InChI=1S/C8H16N4O2/c1-5-6(9)2-3-12(5)4-7(13)11-8(10)14/h5-6H,2-4,9H2,1H3,(H3,10,11,13,14). The van der Waals surface area contributed by atoms with E-state index >= 15 is 0 Å². The molecule has 0 spiro atoms. The molecule has 0 aromatic carbocycles. The van der Waals surface area contributed by atoms with Gasteiger partial charge in [-0.3, -0.25) is 15.0 Å². The number of urea groups is 1. The molecule has 14 heavy (non-hydrogen) atoms. The Morgan fingerprint density at radius 3 is 2.64 bits per heavy atom. The van der Waals surface area contributed by atoms with Crippen LogP contribution in [0.25, 0.3) is 0 Å². The number of carbonyl (C=O) groups excluding carboxylic acids is 2. The Hall–Kier alpha value is -1.14. The van der Waals surface area contributed by atoms with Gasteiger partial charge in [-0.15, -0.1) is 0 Å². The summed E-state index contributed by atoms with van der Waals surface area (Å²) in [5.74, 6) is -0.376. The third kappa shape index (κ3) is 2.68. The molecule has 6 nitrogen and oxygen atoms in total. The Morgan fingerprint density at radius 1 is 1.57 bits per heavy atom. The molecule has 1 aliphatic rings. The number of nitrogens with zero attached hydrogens (tertiary/aromatic N) is 1. The van der Waals surface area contributed by atoms with Gasteiger partial charge in [-0.2, -0.15) is 0 Å². The molecule has 2 atom stereocenters. The van der Waals surface area contributed by atoms with Crippen LogP contribution in [-0.4, -0.2) is 42.0 Å². The van der Waals surface area contributed by atoms with Gasteiger partial charge in [0.15, 0.2) is 0 Å². The van der Waals surface area contributed by atoms with E-state index in [4.69, 9.17) is 11.5 Å². The molecule has 0 bridgehead atoms. The van der Waals surface area contributed by atoms with Gasteiger partial charge in [0.05, 0.1) is 6.54 Å². The third-order valence-electron chi connectivity index (χ3n) is 2.55. The van der Waals surface area contributed by atoms with Crippen LogP contribution < -0.4 is 16.8 Å². The second-order valence-corrected chi connectivity index (χ2v) is 3.58. The van der Waals surface area contributed by atoms with Crippen molar-refractivity contribution in [3.8, 4) is 0 Å². The van der Waals surface area contributed by atoms with Crippen LogP contribution in [0.15, 0.2) is 0 Å². The zero-order valence-corrected chi connectivity index (χ0v) is 8.19. The third-order valence-corrected chi connectivity index (χ3v) is 2.55. The van der Waals surface area contributed by atoms with E-state index in [1.54, 1.807) is 0 Å². The van der Waals surface area contributed by atoms with Gasteiger partial charge in [0.25, 0.3) is 0 Å². The Labute approximate surface area is 82.6 Å². The van der Waals surface area contributed by atoms with Crippen LogP contribution >= 0.6 is 0 Å². The molecule has 0 radical (unpaired) electrons. The van der Waals surface area contributed by atoms with Crippen LogP contribution in [0.3, 0.4) is 0 Å². The number of imide groups is 1. The lowest BCUT2D eigenvalue weighted by Gasteiger charge is -2.21. The van der Waals surface area contributed by atoms with Crippen molar-refractivity contribution in [2.45, 2.75) is 25.4 Å². The van der Waals surface area contributed by atoms with Crippen molar-refractivity contribution in [3.05, 3.63) is 0 Å². The molecule has 1 fully saturated rings. The first kappa shape index (κ1) is 10.9. The van der Waals surface area contributed by atoms with Crippen molar-refractivity contribution >= 4 is 11.9 Å². The van der Waals surface area contributed by atoms with Gasteiger partial charge in [-0.25, -0.2) is 4.79 Å². The zero-order chi connectivity index (χ0) is 10.7. The first-order chi connectivity index (χ1) is 6.50. The van der Waals surface area contributed by atoms with Crippen LogP contribution in [0.4, 0.5) is 4.79 Å². The molecular formula is C8H16N4O2. The number of likely N-dealkylation sites (tertiary alicyclic amines) is 1. The number of carbonyl (C=O) groups is 2. The number of nitrogens with two attached hydrogens (primary N) is 2. The van der Waals surface area contributed by atoms with Gasteiger partial charge in [-0.1, -0.05) is 0 Å². The minimum absolute atomic E-state index is 0.108. The first-order valence-corrected chi connectivity index (χ1v) is 4.59. The van der Waals surface area contributed by atoms with E-state index in [1.807, 2.05) is 17.1 Å². The van der Waals surface area contributed by atoms with Crippen LogP contribution in [0.1, 0.15) is 13.3 Å². The molecule has 5 N–H and O–H groups in total. The Morgan fingerprint density at radius 2 is 2.21 bits per heavy atom. The molecule has 6 heteroatoms. The normalized spacial score (nSPS) is 27.6. The number of hydrogen-bond acceptors (Lipinski definition) is 4. The molecule has 0 aliphatic carbocycles. The maximum absolute atomic E-state index is 11.2. The van der Waals surface area contributed by atoms with E-state index < -0.39 is 6.03 Å². The van der Waals surface area contributed by atoms with E-state index in [1.165, 1.54) is 0 Å². The highest BCUT2D eigenvalue weighted by Gasteiger charge is 2.28. The van der Waals surface area contributed by atoms with Crippen molar-refractivity contribution in [1.82, 2.24) is 10.2 Å². The fourth-order valence-electron chi connectivity index (χ4n) is 1.61. The molecule has 0 aromatic rings. The lowest BCUT2D eigenvalue weighted by molar-refractivity contribution is -0.121. The summed E-state index contributed by atoms with van der Waals surface area (Å²) in [6.07, 6.45) is 0.880. The highest BCUT2D eigenvalue weighted by molar-refractivity contribution is 5.94. The van der Waals surface area contributed by atoms with Crippen LogP contribution in [-0.2, 0) is 4.79 Å². The lowest BCUT2D eigenvalue weighted by Crippen LogP contribution is -2.45. The van der Waals surface area contributed by atoms with Crippen molar-refractivity contribution in [2.75, 3.05) is 13.1 Å². The van der Waals surface area contributed by atoms with Crippen LogP contribution in [0.2, 0.25) is 0 Å². The van der Waals surface area contributed by atoms with E-state index in [-0.39, 0.29) is 24.5 Å². The molecule has 1 rings (SSSR count). The minimum atomic E-state index is -0.814. The molecule has 0 aromatic heterocycles. The maximum atomic E-state index is 11.2. The molecule has 3 amide bonds. The van der Waals surface area contributed by atoms with E-state index in [0.29, 0.717) is 0 Å². The van der Waals surface area contributed by atoms with Gasteiger partial charge in [0, 0.05) is 18.6 Å². The second kappa shape index (κ2) is 4.39. The largest absolute Gasteiger partial charge is 0.351 e. The van der Waals surface area contributed by atoms with E-state index in [0.717, 1.165) is 13.0 Å². The number of primary amides is 1. The van der Waals surface area contributed by atoms with Gasteiger partial charge in [0.2, 0.25) is 5.91 Å². The SMILES string of the molecule is CC1C(N)CCN1CC(=O)NC(N)=O. The average Bonchev–Trinajstić information content (AvgIpc) is 2.34. The topological polar surface area (TPSA) is 101 Å². The molecule has 1 heterocycles. The fraction of sp³-hybridized carbons (Fsp3) is 0.750. The average molecular weight is 200 g/mol. The maximum Gasteiger partial charge on any atom is 0.318 e. The lowest BCUT2D eigenvalue weighted by atomic mass is 10.2. The Balaban J connectivity index is 2.37. The summed E-state index contributed by atoms with van der Waals surface area (Å²) in [7, 11) is 0. The van der Waals surface area contributed by atoms with E-state index in [9.17, 15) is 9.59 Å².